The molecule has 0 radical (unpaired) electrons. The van der Waals surface area contributed by atoms with Gasteiger partial charge in [-0.15, -0.1) is 5.10 Å². The molecule has 0 saturated heterocycles. The quantitative estimate of drug-likeness (QED) is 0.757. The minimum absolute atomic E-state index is 0.0740. The Morgan fingerprint density at radius 1 is 1.17 bits per heavy atom. The maximum atomic E-state index is 9.60. The number of fused-ring (bicyclic) bond motifs is 1. The van der Waals surface area contributed by atoms with Gasteiger partial charge in [-0.25, -0.2) is 0 Å². The highest BCUT2D eigenvalue weighted by Crippen LogP contribution is 2.45. The van der Waals surface area contributed by atoms with Crippen molar-refractivity contribution in [3.8, 4) is 23.2 Å². The summed E-state index contributed by atoms with van der Waals surface area (Å²) in [6.07, 6.45) is 3.42. The maximum absolute atomic E-state index is 9.60. The van der Waals surface area contributed by atoms with Gasteiger partial charge in [-0.2, -0.15) is 5.26 Å². The molecular weight excluding hydrogens is 302 g/mol. The molecule has 2 aromatic heterocycles. The lowest BCUT2D eigenvalue weighted by Crippen LogP contribution is -2.21. The summed E-state index contributed by atoms with van der Waals surface area (Å²) in [7, 11) is 0. The molecule has 1 atom stereocenters. The van der Waals surface area contributed by atoms with Crippen molar-refractivity contribution in [3.63, 3.8) is 0 Å². The third kappa shape index (κ3) is 2.11. The van der Waals surface area contributed by atoms with E-state index < -0.39 is 0 Å². The van der Waals surface area contributed by atoms with E-state index in [0.29, 0.717) is 11.5 Å². The molecular formula is C18H13N5O. The van der Waals surface area contributed by atoms with Gasteiger partial charge in [-0.1, -0.05) is 36.4 Å². The lowest BCUT2D eigenvalue weighted by Gasteiger charge is -2.23. The molecule has 116 valence electrons. The standard InChI is InChI=1S/C18H13N5O/c19-9-13-14(12-7-4-8-21-10-12)15-16(11-5-2-1-3-6-11)22-23-18(15)24-17(13)20/h1-8,10,14H,20H2,(H,22,23)/t14-/m0/s1. The van der Waals surface area contributed by atoms with Crippen LogP contribution in [-0.4, -0.2) is 15.2 Å². The summed E-state index contributed by atoms with van der Waals surface area (Å²) < 4.78 is 5.56. The van der Waals surface area contributed by atoms with E-state index in [2.05, 4.69) is 21.3 Å². The Morgan fingerprint density at radius 2 is 2.00 bits per heavy atom. The average molecular weight is 315 g/mol. The molecule has 3 N–H and O–H groups in total. The van der Waals surface area contributed by atoms with Crippen molar-refractivity contribution in [2.24, 2.45) is 5.73 Å². The number of hydrogen-bond donors (Lipinski definition) is 2. The molecule has 6 heteroatoms. The molecule has 0 aliphatic carbocycles. The first-order valence-corrected chi connectivity index (χ1v) is 7.40. The number of ether oxygens (including phenoxy) is 1. The summed E-state index contributed by atoms with van der Waals surface area (Å²) in [5.74, 6) is 0.0885. The summed E-state index contributed by atoms with van der Waals surface area (Å²) in [6.45, 7) is 0. The number of nitrogens with one attached hydrogen (secondary N) is 1. The third-order valence-electron chi connectivity index (χ3n) is 4.02. The van der Waals surface area contributed by atoms with Crippen LogP contribution in [0.2, 0.25) is 0 Å². The van der Waals surface area contributed by atoms with Crippen LogP contribution in [0.25, 0.3) is 11.3 Å². The lowest BCUT2D eigenvalue weighted by atomic mass is 9.84. The van der Waals surface area contributed by atoms with E-state index in [0.717, 1.165) is 22.4 Å². The fraction of sp³-hybridized carbons (Fsp3) is 0.0556. The van der Waals surface area contributed by atoms with E-state index in [1.807, 2.05) is 42.5 Å². The molecule has 6 nitrogen and oxygen atoms in total. The van der Waals surface area contributed by atoms with Gasteiger partial charge in [0.2, 0.25) is 11.8 Å². The first kappa shape index (κ1) is 14.0. The first-order valence-electron chi connectivity index (χ1n) is 7.40. The number of nitrogens with zero attached hydrogens (tertiary/aromatic N) is 3. The molecule has 3 aromatic rings. The number of H-pyrrole nitrogens is 1. The van der Waals surface area contributed by atoms with E-state index in [-0.39, 0.29) is 11.8 Å². The number of benzene rings is 1. The van der Waals surface area contributed by atoms with Crippen molar-refractivity contribution in [2.45, 2.75) is 5.92 Å². The van der Waals surface area contributed by atoms with Crippen LogP contribution in [0.4, 0.5) is 0 Å². The third-order valence-corrected chi connectivity index (χ3v) is 4.02. The number of hydrogen-bond acceptors (Lipinski definition) is 5. The van der Waals surface area contributed by atoms with E-state index >= 15 is 0 Å². The van der Waals surface area contributed by atoms with Gasteiger partial charge in [0.15, 0.2) is 0 Å². The molecule has 1 aliphatic rings. The Kier molecular flexibility index (Phi) is 3.25. The van der Waals surface area contributed by atoms with Crippen molar-refractivity contribution in [3.05, 3.63) is 77.4 Å². The Hall–Kier alpha value is -3.59. The van der Waals surface area contributed by atoms with Crippen molar-refractivity contribution in [1.29, 1.82) is 5.26 Å². The zero-order valence-corrected chi connectivity index (χ0v) is 12.6. The predicted molar refractivity (Wildman–Crippen MR) is 87.6 cm³/mol. The smallest absolute Gasteiger partial charge is 0.244 e. The van der Waals surface area contributed by atoms with Crippen LogP contribution in [0, 0.1) is 11.3 Å². The van der Waals surface area contributed by atoms with E-state index in [1.54, 1.807) is 12.4 Å². The molecule has 0 bridgehead atoms. The van der Waals surface area contributed by atoms with Crippen LogP contribution in [0.5, 0.6) is 5.88 Å². The van der Waals surface area contributed by atoms with E-state index in [4.69, 9.17) is 10.5 Å². The van der Waals surface area contributed by atoms with Crippen LogP contribution in [0.1, 0.15) is 17.0 Å². The number of rotatable bonds is 2. The Balaban J connectivity index is 1.96. The van der Waals surface area contributed by atoms with Gasteiger partial charge >= 0.3 is 0 Å². The number of allylic oxidation sites excluding steroid dienone is 1. The number of aromatic nitrogens is 3. The Bertz CT molecular complexity index is 954. The minimum atomic E-state index is -0.374. The fourth-order valence-electron chi connectivity index (χ4n) is 2.95. The highest BCUT2D eigenvalue weighted by atomic mass is 16.5. The molecule has 0 spiro atoms. The summed E-state index contributed by atoms with van der Waals surface area (Å²) in [6, 6.07) is 15.7. The molecule has 0 saturated carbocycles. The number of pyridine rings is 1. The molecule has 4 rings (SSSR count). The van der Waals surface area contributed by atoms with Crippen LogP contribution in [0.15, 0.2) is 66.3 Å². The molecule has 0 amide bonds. The van der Waals surface area contributed by atoms with Crippen LogP contribution in [0.3, 0.4) is 0 Å². The van der Waals surface area contributed by atoms with Crippen LogP contribution < -0.4 is 10.5 Å². The highest BCUT2D eigenvalue weighted by Gasteiger charge is 2.35. The highest BCUT2D eigenvalue weighted by molar-refractivity contribution is 5.70. The van der Waals surface area contributed by atoms with E-state index in [1.165, 1.54) is 0 Å². The monoisotopic (exact) mass is 315 g/mol. The van der Waals surface area contributed by atoms with Crippen LogP contribution in [-0.2, 0) is 0 Å². The van der Waals surface area contributed by atoms with Gasteiger partial charge in [0, 0.05) is 12.4 Å². The second-order valence-electron chi connectivity index (χ2n) is 5.39. The summed E-state index contributed by atoms with van der Waals surface area (Å²) in [4.78, 5) is 4.17. The topological polar surface area (TPSA) is 101 Å². The normalized spacial score (nSPS) is 16.2. The largest absolute Gasteiger partial charge is 0.420 e. The molecule has 1 aliphatic heterocycles. The summed E-state index contributed by atoms with van der Waals surface area (Å²) >= 11 is 0. The van der Waals surface area contributed by atoms with Gasteiger partial charge < -0.3 is 10.5 Å². The number of nitriles is 1. The first-order chi connectivity index (χ1) is 11.8. The molecule has 24 heavy (non-hydrogen) atoms. The fourth-order valence-corrected chi connectivity index (χ4v) is 2.95. The average Bonchev–Trinajstić information content (AvgIpc) is 3.05. The summed E-state index contributed by atoms with van der Waals surface area (Å²) in [5.41, 5.74) is 9.71. The number of aromatic amines is 1. The summed E-state index contributed by atoms with van der Waals surface area (Å²) in [5, 5.41) is 16.8. The lowest BCUT2D eigenvalue weighted by molar-refractivity contribution is 0.379. The molecule has 3 heterocycles. The van der Waals surface area contributed by atoms with Gasteiger partial charge in [-0.05, 0) is 17.2 Å². The second-order valence-corrected chi connectivity index (χ2v) is 5.39. The van der Waals surface area contributed by atoms with E-state index in [9.17, 15) is 5.26 Å². The van der Waals surface area contributed by atoms with Gasteiger partial charge in [-0.3, -0.25) is 10.1 Å². The molecule has 1 aromatic carbocycles. The van der Waals surface area contributed by atoms with Crippen molar-refractivity contribution < 1.29 is 4.74 Å². The Morgan fingerprint density at radius 3 is 2.71 bits per heavy atom. The Labute approximate surface area is 138 Å². The van der Waals surface area contributed by atoms with Gasteiger partial charge in [0.1, 0.15) is 11.6 Å². The zero-order valence-electron chi connectivity index (χ0n) is 12.6. The van der Waals surface area contributed by atoms with Crippen molar-refractivity contribution in [2.75, 3.05) is 0 Å². The van der Waals surface area contributed by atoms with Crippen molar-refractivity contribution in [1.82, 2.24) is 15.2 Å². The predicted octanol–water partition coefficient (Wildman–Crippen LogP) is 2.69. The SMILES string of the molecule is N#CC1=C(N)Oc2n[nH]c(-c3ccccc3)c2[C@H]1c1cccnc1. The van der Waals surface area contributed by atoms with Gasteiger partial charge in [0.05, 0.1) is 17.2 Å². The zero-order chi connectivity index (χ0) is 16.5. The van der Waals surface area contributed by atoms with Crippen molar-refractivity contribution >= 4 is 0 Å². The maximum Gasteiger partial charge on any atom is 0.244 e. The molecule has 0 fully saturated rings. The second kappa shape index (κ2) is 5.56. The van der Waals surface area contributed by atoms with Crippen LogP contribution >= 0.6 is 0 Å². The molecule has 0 unspecified atom stereocenters. The number of nitrogens with two attached hydrogens (primary N) is 1. The minimum Gasteiger partial charge on any atom is -0.420 e. The van der Waals surface area contributed by atoms with Gasteiger partial charge in [0.25, 0.3) is 0 Å².